The Kier molecular flexibility index (Phi) is 3.94. The van der Waals surface area contributed by atoms with Crippen LogP contribution in [-0.4, -0.2) is 34.2 Å². The Balaban J connectivity index is 2.55. The molecule has 0 heterocycles. The van der Waals surface area contributed by atoms with Gasteiger partial charge < -0.3 is 10.4 Å². The normalized spacial score (nSPS) is 16.1. The van der Waals surface area contributed by atoms with Crippen molar-refractivity contribution in [3.05, 3.63) is 0 Å². The lowest BCUT2D eigenvalue weighted by Gasteiger charge is -2.20. The predicted octanol–water partition coefficient (Wildman–Crippen LogP) is 1.78. The minimum absolute atomic E-state index is 0.153. The zero-order valence-electron chi connectivity index (χ0n) is 10.1. The first kappa shape index (κ1) is 13.3. The first-order chi connectivity index (χ1) is 7.90. The average molecular weight is 239 g/mol. The van der Waals surface area contributed by atoms with Gasteiger partial charge in [-0.1, -0.05) is 13.8 Å². The zero-order valence-corrected chi connectivity index (χ0v) is 10.1. The van der Waals surface area contributed by atoms with Crippen LogP contribution in [0.15, 0.2) is 0 Å². The summed E-state index contributed by atoms with van der Waals surface area (Å²) in [6, 6.07) is 1.29. The van der Waals surface area contributed by atoms with Gasteiger partial charge in [0.15, 0.2) is 0 Å². The summed E-state index contributed by atoms with van der Waals surface area (Å²) in [4.78, 5) is 23.4. The van der Waals surface area contributed by atoms with Gasteiger partial charge in [-0.05, 0) is 25.2 Å². The number of carboxylic acid groups (broad SMARTS) is 1. The Morgan fingerprint density at radius 3 is 2.47 bits per heavy atom. The lowest BCUT2D eigenvalue weighted by atomic mass is 10.1. The topological polar surface area (TPSA) is 93.4 Å². The summed E-state index contributed by atoms with van der Waals surface area (Å²) in [5.74, 6) is 0.315. The molecule has 0 aromatic heterocycles. The molecule has 6 nitrogen and oxygen atoms in total. The fourth-order valence-electron chi connectivity index (χ4n) is 1.33. The van der Waals surface area contributed by atoms with Crippen LogP contribution in [0.5, 0.6) is 0 Å². The van der Waals surface area contributed by atoms with Gasteiger partial charge in [0.25, 0.3) is 0 Å². The maximum absolute atomic E-state index is 11.7. The lowest BCUT2D eigenvalue weighted by Crippen LogP contribution is -2.48. The van der Waals surface area contributed by atoms with Gasteiger partial charge in [-0.15, -0.1) is 0 Å². The van der Waals surface area contributed by atoms with Crippen molar-refractivity contribution in [2.24, 2.45) is 5.92 Å². The molecule has 1 saturated carbocycles. The summed E-state index contributed by atoms with van der Waals surface area (Å²) in [7, 11) is 0. The second-order valence-corrected chi connectivity index (χ2v) is 4.74. The molecule has 0 aromatic rings. The second kappa shape index (κ2) is 5.04. The van der Waals surface area contributed by atoms with E-state index in [1.165, 1.54) is 0 Å². The molecule has 0 aliphatic heterocycles. The van der Waals surface area contributed by atoms with Crippen molar-refractivity contribution in [2.45, 2.75) is 38.6 Å². The molecule has 0 atom stereocenters. The maximum Gasteiger partial charge on any atom is 0.415 e. The molecule has 0 spiro atoms. The third kappa shape index (κ3) is 3.63. The Hall–Kier alpha value is -1.77. The van der Waals surface area contributed by atoms with E-state index in [-0.39, 0.29) is 6.54 Å². The first-order valence-corrected chi connectivity index (χ1v) is 5.64. The quantitative estimate of drug-likeness (QED) is 0.781. The van der Waals surface area contributed by atoms with Gasteiger partial charge in [-0.3, -0.25) is 0 Å². The fraction of sp³-hybridized carbons (Fsp3) is 0.727. The number of carbonyl (C=O) groups excluding carboxylic acids is 1. The molecule has 2 N–H and O–H groups in total. The molecule has 0 bridgehead atoms. The molecular weight excluding hydrogens is 222 g/mol. The van der Waals surface area contributed by atoms with Crippen LogP contribution in [0.3, 0.4) is 0 Å². The highest BCUT2D eigenvalue weighted by Gasteiger charge is 2.45. The summed E-state index contributed by atoms with van der Waals surface area (Å²) < 4.78 is 0. The summed E-state index contributed by atoms with van der Waals surface area (Å²) in [5, 5.41) is 20.2. The number of nitriles is 1. The monoisotopic (exact) mass is 239 g/mol. The maximum atomic E-state index is 11.7. The van der Waals surface area contributed by atoms with E-state index in [0.717, 1.165) is 4.90 Å². The fourth-order valence-corrected chi connectivity index (χ4v) is 1.33. The Bertz CT molecular complexity index is 355. The van der Waals surface area contributed by atoms with Crippen molar-refractivity contribution in [1.29, 1.82) is 5.26 Å². The van der Waals surface area contributed by atoms with Crippen LogP contribution in [0.1, 0.15) is 33.1 Å². The summed E-state index contributed by atoms with van der Waals surface area (Å²) >= 11 is 0. The highest BCUT2D eigenvalue weighted by Crippen LogP contribution is 2.34. The van der Waals surface area contributed by atoms with E-state index in [1.54, 1.807) is 0 Å². The van der Waals surface area contributed by atoms with Gasteiger partial charge in [-0.25, -0.2) is 14.5 Å². The van der Waals surface area contributed by atoms with Gasteiger partial charge in [0.2, 0.25) is 0 Å². The minimum Gasteiger partial charge on any atom is -0.465 e. The van der Waals surface area contributed by atoms with Gasteiger partial charge in [0.1, 0.15) is 5.54 Å². The number of urea groups is 1. The molecular formula is C11H17N3O3. The Morgan fingerprint density at radius 2 is 2.12 bits per heavy atom. The van der Waals surface area contributed by atoms with E-state index in [9.17, 15) is 9.59 Å². The standard InChI is InChI=1S/C11H17N3O3/c1-8(2)3-6-14(10(16)17)9(15)13-11(7-12)4-5-11/h8H,3-6H2,1-2H3,(H,13,15)(H,16,17). The third-order valence-corrected chi connectivity index (χ3v) is 2.72. The molecule has 0 aromatic carbocycles. The zero-order chi connectivity index (χ0) is 13.1. The molecule has 1 aliphatic carbocycles. The predicted molar refractivity (Wildman–Crippen MR) is 60.3 cm³/mol. The number of nitrogens with zero attached hydrogens (tertiary/aromatic N) is 2. The lowest BCUT2D eigenvalue weighted by molar-refractivity contribution is 0.145. The van der Waals surface area contributed by atoms with Crippen molar-refractivity contribution in [2.75, 3.05) is 6.54 Å². The molecule has 1 fully saturated rings. The Labute approximate surface area is 100 Å². The van der Waals surface area contributed by atoms with E-state index >= 15 is 0 Å². The van der Waals surface area contributed by atoms with E-state index in [2.05, 4.69) is 5.32 Å². The van der Waals surface area contributed by atoms with Crippen LogP contribution in [0.25, 0.3) is 0 Å². The molecule has 1 aliphatic rings. The van der Waals surface area contributed by atoms with E-state index in [4.69, 9.17) is 10.4 Å². The summed E-state index contributed by atoms with van der Waals surface area (Å²) in [6.45, 7) is 4.06. The van der Waals surface area contributed by atoms with Gasteiger partial charge >= 0.3 is 12.1 Å². The van der Waals surface area contributed by atoms with Crippen LogP contribution in [0.2, 0.25) is 0 Å². The SMILES string of the molecule is CC(C)CCN(C(=O)O)C(=O)NC1(C#N)CC1. The smallest absolute Gasteiger partial charge is 0.415 e. The molecule has 0 radical (unpaired) electrons. The van der Waals surface area contributed by atoms with Crippen LogP contribution in [0, 0.1) is 17.2 Å². The van der Waals surface area contributed by atoms with Crippen LogP contribution in [-0.2, 0) is 0 Å². The van der Waals surface area contributed by atoms with Crippen LogP contribution >= 0.6 is 0 Å². The van der Waals surface area contributed by atoms with Crippen LogP contribution < -0.4 is 5.32 Å². The molecule has 1 rings (SSSR count). The number of amides is 3. The van der Waals surface area contributed by atoms with Crippen molar-refractivity contribution in [3.8, 4) is 6.07 Å². The van der Waals surface area contributed by atoms with Crippen LogP contribution in [0.4, 0.5) is 9.59 Å². The number of rotatable bonds is 4. The number of hydrogen-bond donors (Lipinski definition) is 2. The number of nitrogens with one attached hydrogen (secondary N) is 1. The van der Waals surface area contributed by atoms with Gasteiger partial charge in [0, 0.05) is 6.54 Å². The summed E-state index contributed by atoms with van der Waals surface area (Å²) in [5.41, 5.74) is -0.831. The molecule has 0 saturated heterocycles. The van der Waals surface area contributed by atoms with E-state index in [0.29, 0.717) is 25.2 Å². The van der Waals surface area contributed by atoms with E-state index < -0.39 is 17.7 Å². The van der Waals surface area contributed by atoms with Crippen molar-refractivity contribution in [3.63, 3.8) is 0 Å². The molecule has 3 amide bonds. The van der Waals surface area contributed by atoms with Gasteiger partial charge in [0.05, 0.1) is 6.07 Å². The minimum atomic E-state index is -1.28. The molecule has 94 valence electrons. The molecule has 17 heavy (non-hydrogen) atoms. The van der Waals surface area contributed by atoms with Crippen molar-refractivity contribution in [1.82, 2.24) is 10.2 Å². The number of imide groups is 1. The second-order valence-electron chi connectivity index (χ2n) is 4.74. The molecule has 6 heteroatoms. The highest BCUT2D eigenvalue weighted by molar-refractivity contribution is 5.90. The Morgan fingerprint density at radius 1 is 1.53 bits per heavy atom. The van der Waals surface area contributed by atoms with E-state index in [1.807, 2.05) is 19.9 Å². The average Bonchev–Trinajstić information content (AvgIpc) is 2.97. The number of carbonyl (C=O) groups is 2. The number of hydrogen-bond acceptors (Lipinski definition) is 3. The van der Waals surface area contributed by atoms with Crippen molar-refractivity contribution < 1.29 is 14.7 Å². The largest absolute Gasteiger partial charge is 0.465 e. The van der Waals surface area contributed by atoms with Crippen molar-refractivity contribution >= 4 is 12.1 Å². The summed E-state index contributed by atoms with van der Waals surface area (Å²) in [6.07, 6.45) is 0.510. The highest BCUT2D eigenvalue weighted by atomic mass is 16.4. The third-order valence-electron chi connectivity index (χ3n) is 2.72. The molecule has 0 unspecified atom stereocenters. The first-order valence-electron chi connectivity index (χ1n) is 5.64. The van der Waals surface area contributed by atoms with Gasteiger partial charge in [-0.2, -0.15) is 5.26 Å².